The third kappa shape index (κ3) is 5.98. The van der Waals surface area contributed by atoms with Crippen molar-refractivity contribution in [3.8, 4) is 5.75 Å². The van der Waals surface area contributed by atoms with Crippen LogP contribution >= 0.6 is 7.26 Å². The molecule has 0 spiro atoms. The molecule has 0 atom stereocenters. The van der Waals surface area contributed by atoms with E-state index in [0.29, 0.717) is 5.75 Å². The van der Waals surface area contributed by atoms with Gasteiger partial charge in [0.05, 0.1) is 0 Å². The minimum atomic E-state index is -1.92. The van der Waals surface area contributed by atoms with Crippen LogP contribution in [0.5, 0.6) is 5.75 Å². The molecule has 7 rings (SSSR count). The van der Waals surface area contributed by atoms with Crippen LogP contribution in [0.1, 0.15) is 13.3 Å². The van der Waals surface area contributed by atoms with Crippen molar-refractivity contribution >= 4 is 62.8 Å². The molecule has 0 amide bonds. The van der Waals surface area contributed by atoms with Gasteiger partial charge in [-0.3, -0.25) is 0 Å². The number of hydrogen-bond acceptors (Lipinski definition) is 3. The molecule has 0 bridgehead atoms. The largest absolute Gasteiger partial charge is 0.707 e. The zero-order valence-corrected chi connectivity index (χ0v) is 25.8. The van der Waals surface area contributed by atoms with Crippen molar-refractivity contribution in [1.82, 2.24) is 0 Å². The van der Waals surface area contributed by atoms with E-state index >= 15 is 0 Å². The second-order valence-corrected chi connectivity index (χ2v) is 15.1. The number of rotatable bonds is 7. The molecular weight excluding hydrogens is 558 g/mol. The monoisotopic (exact) mass is 594 g/mol. The van der Waals surface area contributed by atoms with Crippen LogP contribution in [0.2, 0.25) is 0 Å². The fourth-order valence-electron chi connectivity index (χ4n) is 6.45. The minimum absolute atomic E-state index is 0.466. The maximum atomic E-state index is 9.14. The van der Waals surface area contributed by atoms with Gasteiger partial charge in [0.25, 0.3) is 0 Å². The van der Waals surface area contributed by atoms with Crippen LogP contribution in [0, 0.1) is 0 Å². The molecule has 3 nitrogen and oxygen atoms in total. The molecule has 0 aliphatic heterocycles. The Morgan fingerprint density at radius 3 is 1.52 bits per heavy atom. The Balaban J connectivity index is 0.000000156. The van der Waals surface area contributed by atoms with Gasteiger partial charge in [0.2, 0.25) is 0 Å². The molecule has 0 unspecified atom stereocenters. The molecule has 7 aromatic carbocycles. The van der Waals surface area contributed by atoms with Crippen LogP contribution in [-0.4, -0.2) is 23.5 Å². The molecule has 0 saturated carbocycles. The fourth-order valence-corrected chi connectivity index (χ4v) is 11.4. The summed E-state index contributed by atoms with van der Waals surface area (Å²) in [6.45, 7) is 2.30. The number of benzene rings is 7. The Labute approximate surface area is 259 Å². The summed E-state index contributed by atoms with van der Waals surface area (Å²) in [6.07, 6.45) is 2.44. The van der Waals surface area contributed by atoms with Gasteiger partial charge >= 0.3 is 141 Å². The van der Waals surface area contributed by atoms with Crippen molar-refractivity contribution in [3.05, 3.63) is 158 Å². The predicted molar refractivity (Wildman–Crippen MR) is 191 cm³/mol. The van der Waals surface area contributed by atoms with Crippen LogP contribution in [0.15, 0.2) is 158 Å². The summed E-state index contributed by atoms with van der Waals surface area (Å²) in [7, 11) is -3.76. The van der Waals surface area contributed by atoms with E-state index in [0.717, 1.165) is 26.9 Å². The maximum absolute atomic E-state index is 9.14. The van der Waals surface area contributed by atoms with Crippen molar-refractivity contribution in [1.29, 1.82) is 0 Å². The topological polar surface area (TPSA) is 49.7 Å². The molecule has 0 saturated heterocycles. The van der Waals surface area contributed by atoms with E-state index in [-0.39, 0.29) is 0 Å². The quantitative estimate of drug-likeness (QED) is 0.0865. The van der Waals surface area contributed by atoms with Gasteiger partial charge in [0, 0.05) is 5.39 Å². The van der Waals surface area contributed by atoms with Crippen molar-refractivity contribution in [2.45, 2.75) is 13.3 Å². The zero-order chi connectivity index (χ0) is 30.4. The van der Waals surface area contributed by atoms with Crippen LogP contribution in [-0.2, 0) is 0 Å². The summed E-state index contributed by atoms with van der Waals surface area (Å²) >= 11 is 0. The van der Waals surface area contributed by atoms with Gasteiger partial charge in [-0.2, -0.15) is 0 Å². The first-order valence-electron chi connectivity index (χ1n) is 15.1. The van der Waals surface area contributed by atoms with Crippen LogP contribution in [0.3, 0.4) is 0 Å². The molecule has 0 heterocycles. The molecular formula is C39H36BO3P. The summed E-state index contributed by atoms with van der Waals surface area (Å²) in [6, 6.07) is 55.4. The van der Waals surface area contributed by atoms with E-state index in [1.807, 2.05) is 30.3 Å². The van der Waals surface area contributed by atoms with Gasteiger partial charge in [0.15, 0.2) is 0 Å². The third-order valence-corrected chi connectivity index (χ3v) is 13.6. The van der Waals surface area contributed by atoms with E-state index in [1.54, 1.807) is 6.07 Å². The first kappa shape index (κ1) is 29.6. The van der Waals surface area contributed by atoms with Gasteiger partial charge in [-0.25, -0.2) is 0 Å². The average molecular weight is 595 g/mol. The summed E-state index contributed by atoms with van der Waals surface area (Å²) < 4.78 is 5.16. The number of hydrogen-bond donors (Lipinski definition) is 2. The standard InChI is InChI=1S/C21H23P.C18H13BO3/c1-2-18-22(19-12-6-3-7-13-19,20-14-8-4-9-15-20)21-16-10-5-11-17-21;20-19(21)22-17-7-3-6-12-8-9-15-10-13-4-1-2-5-14(13)11-16(15)18(12)17/h3-17,22H,2,18H2,1H3;1-11,20-21H. The molecule has 2 N–H and O–H groups in total. The van der Waals surface area contributed by atoms with Gasteiger partial charge < -0.3 is 14.7 Å². The molecule has 0 aliphatic rings. The second-order valence-electron chi connectivity index (χ2n) is 11.0. The van der Waals surface area contributed by atoms with E-state index in [4.69, 9.17) is 14.7 Å². The third-order valence-electron chi connectivity index (χ3n) is 8.35. The molecule has 0 aliphatic carbocycles. The van der Waals surface area contributed by atoms with Gasteiger partial charge in [-0.05, 0) is 45.1 Å². The van der Waals surface area contributed by atoms with Crippen LogP contribution in [0.4, 0.5) is 0 Å². The van der Waals surface area contributed by atoms with E-state index in [1.165, 1.54) is 33.9 Å². The minimum Gasteiger partial charge on any atom is -0.511 e. The van der Waals surface area contributed by atoms with E-state index in [2.05, 4.69) is 128 Å². The van der Waals surface area contributed by atoms with Gasteiger partial charge in [0.1, 0.15) is 5.75 Å². The summed E-state index contributed by atoms with van der Waals surface area (Å²) in [5.41, 5.74) is 0. The first-order chi connectivity index (χ1) is 21.6. The zero-order valence-electron chi connectivity index (χ0n) is 24.8. The van der Waals surface area contributed by atoms with Crippen molar-refractivity contribution in [2.75, 3.05) is 6.16 Å². The van der Waals surface area contributed by atoms with Crippen LogP contribution < -0.4 is 20.6 Å². The Hall–Kier alpha value is -4.47. The van der Waals surface area contributed by atoms with E-state index < -0.39 is 14.6 Å². The predicted octanol–water partition coefficient (Wildman–Crippen LogP) is 7.62. The molecule has 0 radical (unpaired) electrons. The second kappa shape index (κ2) is 13.4. The number of fused-ring (bicyclic) bond motifs is 4. The van der Waals surface area contributed by atoms with Crippen molar-refractivity contribution in [3.63, 3.8) is 0 Å². The summed E-state index contributed by atoms with van der Waals surface area (Å²) in [4.78, 5) is 0. The average Bonchev–Trinajstić information content (AvgIpc) is 3.07. The molecule has 218 valence electrons. The first-order valence-corrected chi connectivity index (χ1v) is 17.3. The molecule has 0 fully saturated rings. The molecule has 0 aromatic heterocycles. The molecule has 7 aromatic rings. The van der Waals surface area contributed by atoms with Crippen molar-refractivity contribution in [2.24, 2.45) is 0 Å². The maximum Gasteiger partial charge on any atom is 0.707 e. The Kier molecular flexibility index (Phi) is 9.05. The normalized spacial score (nSPS) is 11.6. The van der Waals surface area contributed by atoms with Crippen LogP contribution in [0.25, 0.3) is 32.3 Å². The molecule has 5 heteroatoms. The van der Waals surface area contributed by atoms with Gasteiger partial charge in [-0.1, -0.05) is 48.5 Å². The van der Waals surface area contributed by atoms with E-state index in [9.17, 15) is 0 Å². The van der Waals surface area contributed by atoms with Crippen molar-refractivity contribution < 1.29 is 14.7 Å². The van der Waals surface area contributed by atoms with Gasteiger partial charge in [-0.15, -0.1) is 0 Å². The Bertz CT molecular complexity index is 1880. The Morgan fingerprint density at radius 2 is 1.00 bits per heavy atom. The fraction of sp³-hybridized carbons (Fsp3) is 0.0769. The Morgan fingerprint density at radius 1 is 0.523 bits per heavy atom. The smallest absolute Gasteiger partial charge is 0.511 e. The SMILES string of the molecule is CCC[PH](c1ccccc1)(c1ccccc1)c1ccccc1.OB(O)Oc1cccc2ccc3cc4ccccc4cc3c12. The summed E-state index contributed by atoms with van der Waals surface area (Å²) in [5, 5.41) is 29.1. The summed E-state index contributed by atoms with van der Waals surface area (Å²) in [5.74, 6) is 0.466. The molecule has 44 heavy (non-hydrogen) atoms.